The average molecular weight is 328 g/mol. The highest BCUT2D eigenvalue weighted by molar-refractivity contribution is 8.13. The number of benzene rings is 2. The highest BCUT2D eigenvalue weighted by Gasteiger charge is 2.07. The van der Waals surface area contributed by atoms with Crippen molar-refractivity contribution in [1.82, 2.24) is 5.32 Å². The smallest absolute Gasteiger partial charge is 0.255 e. The molecule has 23 heavy (non-hydrogen) atoms. The second-order valence-corrected chi connectivity index (χ2v) is 5.16. The molecule has 2 aromatic rings. The predicted molar refractivity (Wildman–Crippen MR) is 90.2 cm³/mol. The van der Waals surface area contributed by atoms with Gasteiger partial charge in [-0.25, -0.2) is 9.38 Å². The lowest BCUT2D eigenvalue weighted by molar-refractivity contribution is 0.102. The van der Waals surface area contributed by atoms with Crippen molar-refractivity contribution < 1.29 is 9.18 Å². The monoisotopic (exact) mass is 328 g/mol. The lowest BCUT2D eigenvalue weighted by Gasteiger charge is -2.06. The summed E-state index contributed by atoms with van der Waals surface area (Å²) >= 11 is 1.29. The van der Waals surface area contributed by atoms with Crippen molar-refractivity contribution in [2.45, 2.75) is 0 Å². The van der Waals surface area contributed by atoms with E-state index in [9.17, 15) is 9.18 Å². The third kappa shape index (κ3) is 4.83. The fourth-order valence-electron chi connectivity index (χ4n) is 1.74. The van der Waals surface area contributed by atoms with Crippen molar-refractivity contribution in [1.29, 1.82) is 5.26 Å². The first-order valence-electron chi connectivity index (χ1n) is 6.57. The standard InChI is InChI=1S/C16H13FN4OS/c1-23-16(19-10-18)21-14-4-2-3-11(9-14)15(22)20-13-7-5-12(17)6-8-13/h2-9H,1H3,(H,19,21)(H,20,22). The number of rotatable bonds is 3. The molecule has 1 amide bonds. The van der Waals surface area contributed by atoms with Gasteiger partial charge in [0, 0.05) is 11.3 Å². The Morgan fingerprint density at radius 2 is 2.00 bits per heavy atom. The maximum atomic E-state index is 12.9. The van der Waals surface area contributed by atoms with Gasteiger partial charge in [0.2, 0.25) is 0 Å². The number of thioether (sulfide) groups is 1. The van der Waals surface area contributed by atoms with Crippen molar-refractivity contribution in [2.75, 3.05) is 11.6 Å². The lowest BCUT2D eigenvalue weighted by atomic mass is 10.2. The van der Waals surface area contributed by atoms with Gasteiger partial charge >= 0.3 is 0 Å². The first kappa shape index (κ1) is 16.5. The normalized spacial score (nSPS) is 10.7. The zero-order valence-corrected chi connectivity index (χ0v) is 13.0. The number of hydrogen-bond donors (Lipinski definition) is 2. The molecule has 0 heterocycles. The number of amides is 1. The van der Waals surface area contributed by atoms with Gasteiger partial charge in [-0.05, 0) is 48.7 Å². The zero-order valence-electron chi connectivity index (χ0n) is 12.2. The van der Waals surface area contributed by atoms with Gasteiger partial charge in [-0.3, -0.25) is 10.1 Å². The summed E-state index contributed by atoms with van der Waals surface area (Å²) in [6.45, 7) is 0. The van der Waals surface area contributed by atoms with E-state index in [1.165, 1.54) is 36.0 Å². The Hall–Kier alpha value is -2.85. The Labute approximate surface area is 137 Å². The van der Waals surface area contributed by atoms with Gasteiger partial charge in [0.25, 0.3) is 5.91 Å². The van der Waals surface area contributed by atoms with Crippen LogP contribution in [0.4, 0.5) is 15.8 Å². The van der Waals surface area contributed by atoms with Crippen LogP contribution in [0, 0.1) is 17.3 Å². The minimum absolute atomic E-state index is 0.326. The van der Waals surface area contributed by atoms with E-state index in [2.05, 4.69) is 15.6 Å². The van der Waals surface area contributed by atoms with E-state index in [4.69, 9.17) is 5.26 Å². The number of carbonyl (C=O) groups excluding carboxylic acids is 1. The summed E-state index contributed by atoms with van der Waals surface area (Å²) in [7, 11) is 0. The summed E-state index contributed by atoms with van der Waals surface area (Å²) in [4.78, 5) is 16.5. The van der Waals surface area contributed by atoms with E-state index in [-0.39, 0.29) is 11.7 Å². The van der Waals surface area contributed by atoms with Gasteiger partial charge < -0.3 is 5.32 Å². The molecule has 0 aliphatic carbocycles. The van der Waals surface area contributed by atoms with Crippen LogP contribution in [0.1, 0.15) is 10.4 Å². The van der Waals surface area contributed by atoms with Crippen LogP contribution in [-0.4, -0.2) is 17.3 Å². The lowest BCUT2D eigenvalue weighted by Crippen LogP contribution is -2.13. The van der Waals surface area contributed by atoms with E-state index in [0.29, 0.717) is 22.1 Å². The molecule has 0 saturated heterocycles. The van der Waals surface area contributed by atoms with Gasteiger partial charge in [-0.15, -0.1) is 0 Å². The Bertz CT molecular complexity index is 768. The van der Waals surface area contributed by atoms with E-state index >= 15 is 0 Å². The summed E-state index contributed by atoms with van der Waals surface area (Å²) < 4.78 is 12.9. The van der Waals surface area contributed by atoms with Gasteiger partial charge in [0.05, 0.1) is 5.69 Å². The van der Waals surface area contributed by atoms with Crippen LogP contribution < -0.4 is 10.6 Å². The minimum Gasteiger partial charge on any atom is -0.322 e. The van der Waals surface area contributed by atoms with Crippen LogP contribution in [0.3, 0.4) is 0 Å². The summed E-state index contributed by atoms with van der Waals surface area (Å²) in [5.74, 6) is -0.693. The topological polar surface area (TPSA) is 77.3 Å². The first-order valence-corrected chi connectivity index (χ1v) is 7.79. The van der Waals surface area contributed by atoms with Crippen LogP contribution in [0.5, 0.6) is 0 Å². The fraction of sp³-hybridized carbons (Fsp3) is 0.0625. The van der Waals surface area contributed by atoms with Crippen LogP contribution in [0.15, 0.2) is 53.5 Å². The van der Waals surface area contributed by atoms with E-state index in [1.54, 1.807) is 36.7 Å². The Balaban J connectivity index is 2.17. The number of nitriles is 1. The molecule has 5 nitrogen and oxygen atoms in total. The molecule has 0 bridgehead atoms. The summed E-state index contributed by atoms with van der Waals surface area (Å²) in [6.07, 6.45) is 3.59. The van der Waals surface area contributed by atoms with Gasteiger partial charge in [-0.1, -0.05) is 17.8 Å². The molecule has 0 aromatic heterocycles. The molecule has 0 spiro atoms. The van der Waals surface area contributed by atoms with E-state index in [0.717, 1.165) is 0 Å². The number of carbonyl (C=O) groups is 1. The molecule has 0 atom stereocenters. The quantitative estimate of drug-likeness (QED) is 0.391. The molecule has 0 unspecified atom stereocenters. The number of nitrogens with zero attached hydrogens (tertiary/aromatic N) is 2. The van der Waals surface area contributed by atoms with Crippen molar-refractivity contribution >= 4 is 34.2 Å². The molecule has 116 valence electrons. The van der Waals surface area contributed by atoms with Crippen molar-refractivity contribution in [3.63, 3.8) is 0 Å². The molecular formula is C16H13FN4OS. The van der Waals surface area contributed by atoms with E-state index < -0.39 is 0 Å². The van der Waals surface area contributed by atoms with Gasteiger partial charge in [0.15, 0.2) is 11.4 Å². The molecule has 0 aliphatic rings. The molecule has 7 heteroatoms. The number of anilines is 1. The second kappa shape index (κ2) is 7.96. The number of aliphatic imine (C=N–C) groups is 1. The number of amidine groups is 1. The average Bonchev–Trinajstić information content (AvgIpc) is 2.56. The zero-order chi connectivity index (χ0) is 16.7. The first-order chi connectivity index (χ1) is 11.1. The van der Waals surface area contributed by atoms with Crippen molar-refractivity contribution in [3.8, 4) is 6.19 Å². The summed E-state index contributed by atoms with van der Waals surface area (Å²) in [5, 5.41) is 14.2. The largest absolute Gasteiger partial charge is 0.322 e. The molecule has 0 saturated carbocycles. The number of nitrogens with one attached hydrogen (secondary N) is 2. The van der Waals surface area contributed by atoms with Gasteiger partial charge in [-0.2, -0.15) is 5.26 Å². The molecule has 2 rings (SSSR count). The van der Waals surface area contributed by atoms with Crippen LogP contribution in [0.2, 0.25) is 0 Å². The van der Waals surface area contributed by atoms with Crippen molar-refractivity contribution in [3.05, 3.63) is 59.9 Å². The molecule has 0 fully saturated rings. The molecule has 0 radical (unpaired) electrons. The Morgan fingerprint density at radius 3 is 2.65 bits per heavy atom. The Morgan fingerprint density at radius 1 is 1.26 bits per heavy atom. The molecule has 2 N–H and O–H groups in total. The van der Waals surface area contributed by atoms with E-state index in [1.807, 2.05) is 0 Å². The number of hydrogen-bond acceptors (Lipinski definition) is 4. The van der Waals surface area contributed by atoms with Crippen LogP contribution in [0.25, 0.3) is 0 Å². The third-order valence-electron chi connectivity index (χ3n) is 2.80. The minimum atomic E-state index is -0.367. The second-order valence-electron chi connectivity index (χ2n) is 4.37. The predicted octanol–water partition coefficient (Wildman–Crippen LogP) is 3.50. The Kier molecular flexibility index (Phi) is 5.72. The highest BCUT2D eigenvalue weighted by atomic mass is 32.2. The van der Waals surface area contributed by atoms with Crippen LogP contribution in [-0.2, 0) is 0 Å². The fourth-order valence-corrected chi connectivity index (χ4v) is 2.09. The number of halogens is 1. The SMILES string of the molecule is CSC(=Nc1cccc(C(=O)Nc2ccc(F)cc2)c1)NC#N. The van der Waals surface area contributed by atoms with Gasteiger partial charge in [0.1, 0.15) is 5.82 Å². The molecule has 2 aromatic carbocycles. The third-order valence-corrected chi connectivity index (χ3v) is 3.38. The molecule has 0 aliphatic heterocycles. The maximum Gasteiger partial charge on any atom is 0.255 e. The van der Waals surface area contributed by atoms with Crippen LogP contribution >= 0.6 is 11.8 Å². The highest BCUT2D eigenvalue weighted by Crippen LogP contribution is 2.17. The summed E-state index contributed by atoms with van der Waals surface area (Å²) in [6, 6.07) is 12.2. The molecular weight excluding hydrogens is 315 g/mol. The van der Waals surface area contributed by atoms with Crippen molar-refractivity contribution in [2.24, 2.45) is 4.99 Å². The maximum absolute atomic E-state index is 12.9. The summed E-state index contributed by atoms with van der Waals surface area (Å²) in [5.41, 5.74) is 1.46.